The Bertz CT molecular complexity index is 817. The third kappa shape index (κ3) is 3.39. The second-order valence-electron chi connectivity index (χ2n) is 6.58. The molecule has 3 rings (SSSR count). The van der Waals surface area contributed by atoms with Crippen LogP contribution in [0.25, 0.3) is 5.57 Å². The van der Waals surface area contributed by atoms with Crippen LogP contribution in [0.1, 0.15) is 23.6 Å². The van der Waals surface area contributed by atoms with E-state index in [-0.39, 0.29) is 0 Å². The Balaban J connectivity index is 1.98. The number of allylic oxidation sites excluding steroid dienone is 3. The maximum absolute atomic E-state index is 10.1. The van der Waals surface area contributed by atoms with Gasteiger partial charge >= 0.3 is 0 Å². The van der Waals surface area contributed by atoms with E-state index in [0.29, 0.717) is 0 Å². The van der Waals surface area contributed by atoms with Gasteiger partial charge in [-0.05, 0) is 36.6 Å². The minimum atomic E-state index is -1.43. The van der Waals surface area contributed by atoms with Gasteiger partial charge in [-0.2, -0.15) is 0 Å². The van der Waals surface area contributed by atoms with Crippen molar-refractivity contribution in [3.8, 4) is 11.8 Å². The Morgan fingerprint density at radius 3 is 2.65 bits per heavy atom. The Labute approximate surface area is 160 Å². The highest BCUT2D eigenvalue weighted by molar-refractivity contribution is 9.10. The number of benzene rings is 1. The number of hydrogen-bond acceptors (Lipinski definition) is 5. The molecule has 5 atom stereocenters. The topological polar surface area (TPSA) is 90.2 Å². The smallest absolute Gasteiger partial charge is 0.147 e. The van der Waals surface area contributed by atoms with E-state index in [4.69, 9.17) is 4.74 Å². The van der Waals surface area contributed by atoms with Gasteiger partial charge < -0.3 is 25.2 Å². The Kier molecular flexibility index (Phi) is 5.68. The molecule has 1 aromatic carbocycles. The van der Waals surface area contributed by atoms with Gasteiger partial charge in [0.15, 0.2) is 0 Å². The minimum absolute atomic E-state index is 0.474. The van der Waals surface area contributed by atoms with Crippen LogP contribution < -0.4 is 0 Å². The summed E-state index contributed by atoms with van der Waals surface area (Å²) >= 11 is 3.49. The minimum Gasteiger partial charge on any atom is -0.394 e. The van der Waals surface area contributed by atoms with Crippen molar-refractivity contribution in [2.75, 3.05) is 6.61 Å². The van der Waals surface area contributed by atoms with Crippen molar-refractivity contribution in [1.29, 1.82) is 0 Å². The highest BCUT2D eigenvalue weighted by atomic mass is 79.9. The number of ether oxygens (including phenoxy) is 1. The molecule has 0 amide bonds. The van der Waals surface area contributed by atoms with Crippen molar-refractivity contribution in [2.45, 2.75) is 43.9 Å². The predicted molar refractivity (Wildman–Crippen MR) is 101 cm³/mol. The molecule has 0 aromatic heterocycles. The van der Waals surface area contributed by atoms with Crippen LogP contribution in [0.15, 0.2) is 34.8 Å². The lowest BCUT2D eigenvalue weighted by molar-refractivity contribution is -0.214. The first-order chi connectivity index (χ1) is 12.4. The fourth-order valence-corrected chi connectivity index (χ4v) is 3.96. The molecule has 1 heterocycles. The molecule has 1 aromatic rings. The molecule has 26 heavy (non-hydrogen) atoms. The van der Waals surface area contributed by atoms with Crippen LogP contribution in [0.3, 0.4) is 0 Å². The number of hydrogen-bond donors (Lipinski definition) is 4. The second kappa shape index (κ2) is 7.65. The van der Waals surface area contributed by atoms with Crippen molar-refractivity contribution in [2.24, 2.45) is 0 Å². The van der Waals surface area contributed by atoms with E-state index < -0.39 is 37.1 Å². The van der Waals surface area contributed by atoms with Crippen LogP contribution in [0.4, 0.5) is 0 Å². The summed E-state index contributed by atoms with van der Waals surface area (Å²) in [6, 6.07) is 3.94. The SMILES string of the molecule is C=CC1=C(C)Cc2cc(Br)cc(C#CC3OC(CO)C(O)C(O)C3O)c21. The van der Waals surface area contributed by atoms with Gasteiger partial charge in [0, 0.05) is 15.6 Å². The Morgan fingerprint density at radius 2 is 2.00 bits per heavy atom. The van der Waals surface area contributed by atoms with Gasteiger partial charge in [-0.25, -0.2) is 0 Å². The number of halogens is 1. The Hall–Kier alpha value is -1.46. The lowest BCUT2D eigenvalue weighted by Gasteiger charge is -2.37. The molecule has 138 valence electrons. The van der Waals surface area contributed by atoms with Gasteiger partial charge in [0.1, 0.15) is 30.5 Å². The van der Waals surface area contributed by atoms with Gasteiger partial charge in [-0.15, -0.1) is 0 Å². The first-order valence-electron chi connectivity index (χ1n) is 8.34. The molecule has 1 saturated heterocycles. The summed E-state index contributed by atoms with van der Waals surface area (Å²) in [5, 5.41) is 39.2. The maximum Gasteiger partial charge on any atom is 0.147 e. The van der Waals surface area contributed by atoms with E-state index in [2.05, 4.69) is 41.3 Å². The van der Waals surface area contributed by atoms with Crippen LogP contribution in [0, 0.1) is 11.8 Å². The molecule has 1 aliphatic heterocycles. The molecular formula is C20H21BrO5. The van der Waals surface area contributed by atoms with Crippen molar-refractivity contribution < 1.29 is 25.2 Å². The van der Waals surface area contributed by atoms with Crippen LogP contribution in [-0.2, 0) is 11.2 Å². The lowest BCUT2D eigenvalue weighted by atomic mass is 9.94. The molecule has 6 heteroatoms. The third-order valence-corrected chi connectivity index (χ3v) is 5.27. The van der Waals surface area contributed by atoms with Gasteiger partial charge in [-0.1, -0.05) is 46.0 Å². The summed E-state index contributed by atoms with van der Waals surface area (Å²) in [6.07, 6.45) is -3.53. The number of aliphatic hydroxyl groups is 4. The van der Waals surface area contributed by atoms with Gasteiger partial charge in [0.05, 0.1) is 6.61 Å². The Morgan fingerprint density at radius 1 is 1.27 bits per heavy atom. The first kappa shape index (κ1) is 19.3. The molecule has 2 aliphatic rings. The van der Waals surface area contributed by atoms with Crippen molar-refractivity contribution in [3.05, 3.63) is 51.5 Å². The van der Waals surface area contributed by atoms with Crippen LogP contribution in [0.5, 0.6) is 0 Å². The largest absolute Gasteiger partial charge is 0.394 e. The molecule has 5 nitrogen and oxygen atoms in total. The lowest BCUT2D eigenvalue weighted by Crippen LogP contribution is -2.58. The van der Waals surface area contributed by atoms with Gasteiger partial charge in [0.2, 0.25) is 0 Å². The van der Waals surface area contributed by atoms with E-state index in [1.807, 2.05) is 18.2 Å². The molecule has 5 unspecified atom stereocenters. The molecule has 4 N–H and O–H groups in total. The monoisotopic (exact) mass is 420 g/mol. The zero-order valence-electron chi connectivity index (χ0n) is 14.3. The average Bonchev–Trinajstić information content (AvgIpc) is 2.93. The molecular weight excluding hydrogens is 400 g/mol. The predicted octanol–water partition coefficient (Wildman–Crippen LogP) is 1.16. The fraction of sp³-hybridized carbons (Fsp3) is 0.400. The van der Waals surface area contributed by atoms with Crippen molar-refractivity contribution in [3.63, 3.8) is 0 Å². The molecule has 1 fully saturated rings. The summed E-state index contributed by atoms with van der Waals surface area (Å²) < 4.78 is 6.34. The maximum atomic E-state index is 10.1. The molecule has 0 saturated carbocycles. The second-order valence-corrected chi connectivity index (χ2v) is 7.50. The van der Waals surface area contributed by atoms with Gasteiger partial charge in [0.25, 0.3) is 0 Å². The van der Waals surface area contributed by atoms with E-state index in [0.717, 1.165) is 33.2 Å². The summed E-state index contributed by atoms with van der Waals surface area (Å²) in [5.74, 6) is 5.87. The van der Waals surface area contributed by atoms with Gasteiger partial charge in [-0.3, -0.25) is 0 Å². The molecule has 0 radical (unpaired) electrons. The van der Waals surface area contributed by atoms with E-state index in [9.17, 15) is 20.4 Å². The normalized spacial score (nSPS) is 30.6. The highest BCUT2D eigenvalue weighted by Crippen LogP contribution is 2.37. The molecule has 0 bridgehead atoms. The summed E-state index contributed by atoms with van der Waals surface area (Å²) in [6.45, 7) is 5.47. The molecule has 0 spiro atoms. The van der Waals surface area contributed by atoms with E-state index in [1.165, 1.54) is 5.57 Å². The van der Waals surface area contributed by atoms with Crippen LogP contribution in [-0.4, -0.2) is 57.6 Å². The highest BCUT2D eigenvalue weighted by Gasteiger charge is 2.42. The number of aliphatic hydroxyl groups excluding tert-OH is 4. The van der Waals surface area contributed by atoms with E-state index in [1.54, 1.807) is 0 Å². The third-order valence-electron chi connectivity index (χ3n) is 4.82. The standard InChI is InChI=1S/C20H21BrO5/c1-3-14-10(2)6-12-8-13(21)7-11(17(12)14)4-5-15-18(23)20(25)19(24)16(9-22)26-15/h3,7-8,15-16,18-20,22-25H,1,6,9H2,2H3. The first-order valence-corrected chi connectivity index (χ1v) is 9.13. The summed E-state index contributed by atoms with van der Waals surface area (Å²) in [7, 11) is 0. The number of rotatable bonds is 2. The molecule has 1 aliphatic carbocycles. The zero-order chi connectivity index (χ0) is 19.0. The zero-order valence-corrected chi connectivity index (χ0v) is 15.9. The van der Waals surface area contributed by atoms with Crippen LogP contribution in [0.2, 0.25) is 0 Å². The summed E-state index contributed by atoms with van der Waals surface area (Å²) in [4.78, 5) is 0. The number of fused-ring (bicyclic) bond motifs is 1. The quantitative estimate of drug-likeness (QED) is 0.539. The van der Waals surface area contributed by atoms with Crippen LogP contribution >= 0.6 is 15.9 Å². The van der Waals surface area contributed by atoms with Crippen molar-refractivity contribution in [1.82, 2.24) is 0 Å². The van der Waals surface area contributed by atoms with E-state index >= 15 is 0 Å². The average molecular weight is 421 g/mol. The fourth-order valence-electron chi connectivity index (χ4n) is 3.46. The van der Waals surface area contributed by atoms with Crippen molar-refractivity contribution >= 4 is 21.5 Å². The summed E-state index contributed by atoms with van der Waals surface area (Å²) in [5.41, 5.74) is 5.18.